The third-order valence-corrected chi connectivity index (χ3v) is 4.89. The molecule has 8 heteroatoms. The summed E-state index contributed by atoms with van der Waals surface area (Å²) in [5.41, 5.74) is 0.721. The molecule has 150 valence electrons. The summed E-state index contributed by atoms with van der Waals surface area (Å²) in [4.78, 5) is 37.6. The van der Waals surface area contributed by atoms with Gasteiger partial charge in [-0.05, 0) is 42.0 Å². The molecule has 0 spiro atoms. The van der Waals surface area contributed by atoms with E-state index in [0.717, 1.165) is 4.90 Å². The maximum atomic E-state index is 12.8. The number of rotatable bonds is 6. The summed E-state index contributed by atoms with van der Waals surface area (Å²) in [7, 11) is 1.48. The number of carbonyl (C=O) groups excluding carboxylic acids is 2. The van der Waals surface area contributed by atoms with E-state index in [9.17, 15) is 19.5 Å². The molecule has 3 rings (SSSR count). The highest BCUT2D eigenvalue weighted by Gasteiger charge is 2.46. The monoisotopic (exact) mass is 415 g/mol. The molecule has 2 N–H and O–H groups in total. The molecule has 1 atom stereocenters. The number of aliphatic hydroxyl groups excluding tert-OH is 1. The van der Waals surface area contributed by atoms with E-state index in [2.05, 4.69) is 0 Å². The largest absolute Gasteiger partial charge is 0.507 e. The molecule has 1 aliphatic heterocycles. The van der Waals surface area contributed by atoms with Crippen molar-refractivity contribution >= 4 is 35.0 Å². The molecule has 7 nitrogen and oxygen atoms in total. The van der Waals surface area contributed by atoms with E-state index < -0.39 is 23.7 Å². The fourth-order valence-corrected chi connectivity index (χ4v) is 3.37. The Morgan fingerprint density at radius 3 is 2.45 bits per heavy atom. The zero-order valence-corrected chi connectivity index (χ0v) is 16.2. The van der Waals surface area contributed by atoms with Crippen molar-refractivity contribution in [3.8, 4) is 5.75 Å². The molecule has 29 heavy (non-hydrogen) atoms. The van der Waals surface area contributed by atoms with Crippen molar-refractivity contribution in [2.75, 3.05) is 13.7 Å². The molecule has 1 amide bonds. The van der Waals surface area contributed by atoms with Crippen LogP contribution < -0.4 is 4.74 Å². The van der Waals surface area contributed by atoms with E-state index in [-0.39, 0.29) is 24.3 Å². The number of Topliss-reactive ketones (excluding diaryl/α,β-unsaturated/α-hetero) is 1. The van der Waals surface area contributed by atoms with Gasteiger partial charge in [0, 0.05) is 17.1 Å². The molecular weight excluding hydrogens is 398 g/mol. The molecule has 1 aliphatic rings. The Balaban J connectivity index is 2.16. The highest BCUT2D eigenvalue weighted by Crippen LogP contribution is 2.40. The van der Waals surface area contributed by atoms with Gasteiger partial charge in [-0.1, -0.05) is 23.7 Å². The maximum absolute atomic E-state index is 12.8. The number of aliphatic carboxylic acids is 1. The van der Waals surface area contributed by atoms with Crippen LogP contribution in [0.1, 0.15) is 23.6 Å². The summed E-state index contributed by atoms with van der Waals surface area (Å²) in [5.74, 6) is -2.71. The van der Waals surface area contributed by atoms with Crippen molar-refractivity contribution in [3.05, 3.63) is 70.3 Å². The molecular formula is C21H18ClNO6. The van der Waals surface area contributed by atoms with Gasteiger partial charge in [0.1, 0.15) is 11.5 Å². The fraction of sp³-hybridized carbons (Fsp3) is 0.190. The van der Waals surface area contributed by atoms with Crippen LogP contribution in [-0.4, -0.2) is 46.4 Å². The number of carboxylic acid groups (broad SMARTS) is 1. The zero-order valence-electron chi connectivity index (χ0n) is 15.5. The molecule has 0 radical (unpaired) electrons. The number of ketones is 1. The Morgan fingerprint density at radius 2 is 1.83 bits per heavy atom. The first-order valence-corrected chi connectivity index (χ1v) is 9.11. The van der Waals surface area contributed by atoms with Gasteiger partial charge in [-0.2, -0.15) is 0 Å². The third kappa shape index (κ3) is 4.09. The number of hydrogen-bond donors (Lipinski definition) is 2. The lowest BCUT2D eigenvalue weighted by Crippen LogP contribution is -2.31. The number of likely N-dealkylation sites (tertiary alicyclic amines) is 1. The SMILES string of the molecule is COc1cccc(C2/C(=C(\O)c3ccc(Cl)cc3)C(=O)C(=O)N2CCC(=O)O)c1. The zero-order chi connectivity index (χ0) is 21.1. The number of amides is 1. The van der Waals surface area contributed by atoms with Crippen molar-refractivity contribution < 1.29 is 29.3 Å². The number of hydrogen-bond acceptors (Lipinski definition) is 5. The molecule has 1 heterocycles. The lowest BCUT2D eigenvalue weighted by atomic mass is 9.95. The average Bonchev–Trinajstić information content (AvgIpc) is 2.97. The van der Waals surface area contributed by atoms with E-state index >= 15 is 0 Å². The lowest BCUT2D eigenvalue weighted by Gasteiger charge is -2.25. The molecule has 2 aromatic carbocycles. The Kier molecular flexibility index (Phi) is 5.89. The Bertz CT molecular complexity index is 998. The number of aliphatic hydroxyl groups is 1. The van der Waals surface area contributed by atoms with Gasteiger partial charge in [-0.25, -0.2) is 0 Å². The van der Waals surface area contributed by atoms with Crippen LogP contribution >= 0.6 is 11.6 Å². The van der Waals surface area contributed by atoms with Crippen LogP contribution in [0.4, 0.5) is 0 Å². The predicted octanol–water partition coefficient (Wildman–Crippen LogP) is 3.25. The molecule has 2 aromatic rings. The number of halogens is 1. The van der Waals surface area contributed by atoms with Gasteiger partial charge in [-0.3, -0.25) is 14.4 Å². The van der Waals surface area contributed by atoms with Gasteiger partial charge in [0.25, 0.3) is 11.7 Å². The number of ether oxygens (including phenoxy) is 1. The Morgan fingerprint density at radius 1 is 1.14 bits per heavy atom. The summed E-state index contributed by atoms with van der Waals surface area (Å²) in [5, 5.41) is 20.3. The number of methoxy groups -OCH3 is 1. The lowest BCUT2D eigenvalue weighted by molar-refractivity contribution is -0.142. The number of carbonyl (C=O) groups is 3. The topological polar surface area (TPSA) is 104 Å². The maximum Gasteiger partial charge on any atom is 0.305 e. The fourth-order valence-electron chi connectivity index (χ4n) is 3.25. The van der Waals surface area contributed by atoms with Gasteiger partial charge in [0.05, 0.1) is 25.1 Å². The minimum atomic E-state index is -1.10. The standard InChI is InChI=1S/C21H18ClNO6/c1-29-15-4-2-3-13(11-15)18-17(19(26)12-5-7-14(22)8-6-12)20(27)21(28)23(18)10-9-16(24)25/h2-8,11,18,26H,9-10H2,1H3,(H,24,25)/b19-17+. The summed E-state index contributed by atoms with van der Waals surface area (Å²) < 4.78 is 5.22. The first-order valence-electron chi connectivity index (χ1n) is 8.73. The second-order valence-corrected chi connectivity index (χ2v) is 6.86. The van der Waals surface area contributed by atoms with E-state index in [1.54, 1.807) is 36.4 Å². The van der Waals surface area contributed by atoms with Crippen molar-refractivity contribution in [3.63, 3.8) is 0 Å². The normalized spacial score (nSPS) is 18.1. The van der Waals surface area contributed by atoms with Gasteiger partial charge in [0.2, 0.25) is 0 Å². The molecule has 1 saturated heterocycles. The van der Waals surface area contributed by atoms with Crippen LogP contribution in [0.2, 0.25) is 5.02 Å². The summed E-state index contributed by atoms with van der Waals surface area (Å²) in [6.45, 7) is -0.181. The second kappa shape index (κ2) is 8.36. The van der Waals surface area contributed by atoms with Crippen molar-refractivity contribution in [1.29, 1.82) is 0 Å². The molecule has 0 bridgehead atoms. The Hall–Kier alpha value is -3.32. The van der Waals surface area contributed by atoms with Crippen LogP contribution in [0.5, 0.6) is 5.75 Å². The number of nitrogens with zero attached hydrogens (tertiary/aromatic N) is 1. The highest BCUT2D eigenvalue weighted by atomic mass is 35.5. The predicted molar refractivity (Wildman–Crippen MR) is 106 cm³/mol. The summed E-state index contributed by atoms with van der Waals surface area (Å²) >= 11 is 5.88. The van der Waals surface area contributed by atoms with Crippen molar-refractivity contribution in [2.45, 2.75) is 12.5 Å². The van der Waals surface area contributed by atoms with Gasteiger partial charge >= 0.3 is 5.97 Å². The van der Waals surface area contributed by atoms with E-state index in [1.165, 1.54) is 19.2 Å². The minimum absolute atomic E-state index is 0.115. The van der Waals surface area contributed by atoms with Crippen molar-refractivity contribution in [2.24, 2.45) is 0 Å². The first kappa shape index (κ1) is 20.4. The average molecular weight is 416 g/mol. The molecule has 0 saturated carbocycles. The van der Waals surface area contributed by atoms with Gasteiger partial charge < -0.3 is 19.8 Å². The van der Waals surface area contributed by atoms with E-state index in [0.29, 0.717) is 21.9 Å². The van der Waals surface area contributed by atoms with Crippen LogP contribution in [0.25, 0.3) is 5.76 Å². The third-order valence-electron chi connectivity index (χ3n) is 4.63. The second-order valence-electron chi connectivity index (χ2n) is 6.42. The summed E-state index contributed by atoms with van der Waals surface area (Å²) in [6.07, 6.45) is -0.339. The van der Waals surface area contributed by atoms with E-state index in [4.69, 9.17) is 21.4 Å². The summed E-state index contributed by atoms with van der Waals surface area (Å²) in [6, 6.07) is 11.9. The smallest absolute Gasteiger partial charge is 0.305 e. The van der Waals surface area contributed by atoms with Crippen LogP contribution in [0, 0.1) is 0 Å². The Labute approximate surface area is 171 Å². The van der Waals surface area contributed by atoms with Crippen LogP contribution in [0.15, 0.2) is 54.1 Å². The van der Waals surface area contributed by atoms with Crippen molar-refractivity contribution in [1.82, 2.24) is 4.90 Å². The highest BCUT2D eigenvalue weighted by molar-refractivity contribution is 6.46. The van der Waals surface area contributed by atoms with Crippen LogP contribution in [-0.2, 0) is 14.4 Å². The molecule has 1 fully saturated rings. The van der Waals surface area contributed by atoms with Crippen LogP contribution in [0.3, 0.4) is 0 Å². The van der Waals surface area contributed by atoms with E-state index in [1.807, 2.05) is 0 Å². The quantitative estimate of drug-likeness (QED) is 0.426. The first-order chi connectivity index (χ1) is 13.8. The number of benzene rings is 2. The van der Waals surface area contributed by atoms with Gasteiger partial charge in [-0.15, -0.1) is 0 Å². The molecule has 0 aromatic heterocycles. The minimum Gasteiger partial charge on any atom is -0.507 e. The van der Waals surface area contributed by atoms with Gasteiger partial charge in [0.15, 0.2) is 0 Å². The molecule has 1 unspecified atom stereocenters. The molecule has 0 aliphatic carbocycles. The number of carboxylic acids is 1.